The molecule has 1 aromatic carbocycles. The summed E-state index contributed by atoms with van der Waals surface area (Å²) in [5, 5.41) is 13.1. The normalized spacial score (nSPS) is 25.9. The first kappa shape index (κ1) is 14.0. The summed E-state index contributed by atoms with van der Waals surface area (Å²) in [6, 6.07) is 9.22. The quantitative estimate of drug-likeness (QED) is 0.889. The van der Waals surface area contributed by atoms with Gasteiger partial charge in [-0.15, -0.1) is 0 Å². The molecule has 2 nitrogen and oxygen atoms in total. The van der Waals surface area contributed by atoms with Crippen molar-refractivity contribution in [1.82, 2.24) is 5.32 Å². The molecular formula is C15H22BrNO. The molecule has 18 heavy (non-hydrogen) atoms. The van der Waals surface area contributed by atoms with Crippen LogP contribution in [0.2, 0.25) is 0 Å². The summed E-state index contributed by atoms with van der Waals surface area (Å²) in [4.78, 5) is 0. The summed E-state index contributed by atoms with van der Waals surface area (Å²) in [6.07, 6.45) is 4.87. The summed E-state index contributed by atoms with van der Waals surface area (Å²) in [7, 11) is 0. The van der Waals surface area contributed by atoms with Crippen molar-refractivity contribution in [2.45, 2.75) is 44.7 Å². The van der Waals surface area contributed by atoms with Gasteiger partial charge >= 0.3 is 0 Å². The third-order valence-electron chi connectivity index (χ3n) is 3.96. The third-order valence-corrected chi connectivity index (χ3v) is 4.45. The highest BCUT2D eigenvalue weighted by molar-refractivity contribution is 9.10. The average Bonchev–Trinajstić information content (AvgIpc) is 2.39. The van der Waals surface area contributed by atoms with Gasteiger partial charge in [0, 0.05) is 23.2 Å². The van der Waals surface area contributed by atoms with Crippen LogP contribution in [-0.4, -0.2) is 17.8 Å². The van der Waals surface area contributed by atoms with E-state index < -0.39 is 0 Å². The fourth-order valence-electron chi connectivity index (χ4n) is 2.84. The lowest BCUT2D eigenvalue weighted by Crippen LogP contribution is -2.41. The first-order chi connectivity index (χ1) is 8.70. The van der Waals surface area contributed by atoms with Crippen molar-refractivity contribution in [3.8, 4) is 0 Å². The van der Waals surface area contributed by atoms with Crippen molar-refractivity contribution in [3.05, 3.63) is 34.3 Å². The molecule has 2 rings (SSSR count). The minimum absolute atomic E-state index is 0.308. The van der Waals surface area contributed by atoms with Gasteiger partial charge in [0.1, 0.15) is 0 Å². The summed E-state index contributed by atoms with van der Waals surface area (Å²) in [5.41, 5.74) is 1.30. The Kier molecular flexibility index (Phi) is 5.22. The van der Waals surface area contributed by atoms with E-state index in [1.54, 1.807) is 0 Å². The van der Waals surface area contributed by atoms with Gasteiger partial charge in [-0.3, -0.25) is 0 Å². The van der Waals surface area contributed by atoms with Gasteiger partial charge in [0.2, 0.25) is 0 Å². The Morgan fingerprint density at radius 1 is 1.39 bits per heavy atom. The Morgan fingerprint density at radius 2 is 2.17 bits per heavy atom. The van der Waals surface area contributed by atoms with Crippen LogP contribution in [0, 0.1) is 5.92 Å². The molecule has 1 fully saturated rings. The average molecular weight is 312 g/mol. The zero-order valence-electron chi connectivity index (χ0n) is 10.9. The number of rotatable bonds is 4. The van der Waals surface area contributed by atoms with Gasteiger partial charge in [-0.1, -0.05) is 40.9 Å². The summed E-state index contributed by atoms with van der Waals surface area (Å²) < 4.78 is 1.12. The van der Waals surface area contributed by atoms with Crippen LogP contribution in [0.1, 0.15) is 44.2 Å². The zero-order chi connectivity index (χ0) is 13.0. The molecule has 1 aromatic rings. The second-order valence-corrected chi connectivity index (χ2v) is 6.19. The molecule has 0 saturated heterocycles. The summed E-state index contributed by atoms with van der Waals surface area (Å²) >= 11 is 3.51. The molecule has 1 saturated carbocycles. The van der Waals surface area contributed by atoms with E-state index in [-0.39, 0.29) is 0 Å². The molecule has 0 aromatic heterocycles. The maximum absolute atomic E-state index is 9.44. The van der Waals surface area contributed by atoms with Crippen LogP contribution in [-0.2, 0) is 0 Å². The Labute approximate surface area is 118 Å². The van der Waals surface area contributed by atoms with Crippen LogP contribution in [0.4, 0.5) is 0 Å². The highest BCUT2D eigenvalue weighted by Crippen LogP contribution is 2.27. The van der Waals surface area contributed by atoms with Crippen molar-refractivity contribution >= 4 is 15.9 Å². The maximum Gasteiger partial charge on any atom is 0.0474 e. The van der Waals surface area contributed by atoms with Crippen LogP contribution in [0.5, 0.6) is 0 Å². The lowest BCUT2D eigenvalue weighted by Gasteiger charge is -2.33. The second-order valence-electron chi connectivity index (χ2n) is 5.28. The molecule has 3 heteroatoms. The molecule has 2 N–H and O–H groups in total. The van der Waals surface area contributed by atoms with Gasteiger partial charge in [0.15, 0.2) is 0 Å². The number of aliphatic hydroxyl groups is 1. The molecule has 3 unspecified atom stereocenters. The Bertz CT molecular complexity index is 383. The number of nitrogens with one attached hydrogen (secondary N) is 1. The minimum Gasteiger partial charge on any atom is -0.396 e. The lowest BCUT2D eigenvalue weighted by molar-refractivity contribution is 0.147. The molecule has 3 atom stereocenters. The predicted octanol–water partition coefficient (Wildman–Crippen LogP) is 3.65. The Hall–Kier alpha value is -0.380. The van der Waals surface area contributed by atoms with Crippen LogP contribution in [0.25, 0.3) is 0 Å². The highest BCUT2D eigenvalue weighted by Gasteiger charge is 2.25. The van der Waals surface area contributed by atoms with Crippen molar-refractivity contribution in [2.24, 2.45) is 5.92 Å². The molecular weight excluding hydrogens is 290 g/mol. The molecule has 100 valence electrons. The van der Waals surface area contributed by atoms with E-state index in [0.29, 0.717) is 24.6 Å². The van der Waals surface area contributed by atoms with E-state index in [1.807, 2.05) is 6.07 Å². The fourth-order valence-corrected chi connectivity index (χ4v) is 3.26. The fraction of sp³-hybridized carbons (Fsp3) is 0.600. The van der Waals surface area contributed by atoms with Gasteiger partial charge in [-0.05, 0) is 43.4 Å². The molecule has 0 amide bonds. The predicted molar refractivity (Wildman–Crippen MR) is 78.5 cm³/mol. The van der Waals surface area contributed by atoms with Crippen molar-refractivity contribution in [2.75, 3.05) is 6.61 Å². The van der Waals surface area contributed by atoms with Gasteiger partial charge in [-0.2, -0.15) is 0 Å². The molecule has 0 spiro atoms. The molecule has 1 aliphatic rings. The van der Waals surface area contributed by atoms with Crippen molar-refractivity contribution in [3.63, 3.8) is 0 Å². The number of hydrogen-bond donors (Lipinski definition) is 2. The summed E-state index contributed by atoms with van der Waals surface area (Å²) in [6.45, 7) is 2.51. The first-order valence-electron chi connectivity index (χ1n) is 6.83. The minimum atomic E-state index is 0.308. The van der Waals surface area contributed by atoms with Crippen LogP contribution >= 0.6 is 15.9 Å². The third kappa shape index (κ3) is 3.56. The lowest BCUT2D eigenvalue weighted by atomic mass is 9.84. The monoisotopic (exact) mass is 311 g/mol. The topological polar surface area (TPSA) is 32.3 Å². The van der Waals surface area contributed by atoms with Gasteiger partial charge in [0.05, 0.1) is 0 Å². The SMILES string of the molecule is CC(NC1CCCCC1CO)c1cccc(Br)c1. The largest absolute Gasteiger partial charge is 0.396 e. The second kappa shape index (κ2) is 6.69. The molecule has 1 aliphatic carbocycles. The van der Waals surface area contributed by atoms with E-state index in [1.165, 1.54) is 24.8 Å². The van der Waals surface area contributed by atoms with Crippen molar-refractivity contribution < 1.29 is 5.11 Å². The van der Waals surface area contributed by atoms with E-state index in [4.69, 9.17) is 0 Å². The smallest absolute Gasteiger partial charge is 0.0474 e. The van der Waals surface area contributed by atoms with E-state index in [0.717, 1.165) is 10.9 Å². The van der Waals surface area contributed by atoms with E-state index in [9.17, 15) is 5.11 Å². The molecule has 0 heterocycles. The number of hydrogen-bond acceptors (Lipinski definition) is 2. The first-order valence-corrected chi connectivity index (χ1v) is 7.62. The van der Waals surface area contributed by atoms with Crippen LogP contribution < -0.4 is 5.32 Å². The molecule has 0 aliphatic heterocycles. The molecule has 0 bridgehead atoms. The van der Waals surface area contributed by atoms with Gasteiger partial charge in [-0.25, -0.2) is 0 Å². The molecule has 0 radical (unpaired) electrons. The van der Waals surface area contributed by atoms with Crippen LogP contribution in [0.15, 0.2) is 28.7 Å². The standard InChI is InChI=1S/C15H22BrNO/c1-11(12-6-4-7-14(16)9-12)17-15-8-3-2-5-13(15)10-18/h4,6-7,9,11,13,15,17-18H,2-3,5,8,10H2,1H3. The Balaban J connectivity index is 1.99. The van der Waals surface area contributed by atoms with E-state index >= 15 is 0 Å². The number of halogens is 1. The highest BCUT2D eigenvalue weighted by atomic mass is 79.9. The number of aliphatic hydroxyl groups excluding tert-OH is 1. The van der Waals surface area contributed by atoms with Crippen molar-refractivity contribution in [1.29, 1.82) is 0 Å². The summed E-state index contributed by atoms with van der Waals surface area (Å²) in [5.74, 6) is 0.424. The number of benzene rings is 1. The maximum atomic E-state index is 9.44. The van der Waals surface area contributed by atoms with Crippen LogP contribution in [0.3, 0.4) is 0 Å². The van der Waals surface area contributed by atoms with Gasteiger partial charge in [0.25, 0.3) is 0 Å². The Morgan fingerprint density at radius 3 is 2.89 bits per heavy atom. The zero-order valence-corrected chi connectivity index (χ0v) is 12.5. The van der Waals surface area contributed by atoms with E-state index in [2.05, 4.69) is 46.4 Å². The van der Waals surface area contributed by atoms with Gasteiger partial charge < -0.3 is 10.4 Å².